The van der Waals surface area contributed by atoms with Crippen molar-refractivity contribution in [2.24, 2.45) is 0 Å². The summed E-state index contributed by atoms with van der Waals surface area (Å²) in [4.78, 5) is 16.4. The molecule has 0 aliphatic carbocycles. The van der Waals surface area contributed by atoms with Gasteiger partial charge in [0, 0.05) is 48.4 Å². The van der Waals surface area contributed by atoms with Crippen LogP contribution < -0.4 is 0 Å². The van der Waals surface area contributed by atoms with Crippen molar-refractivity contribution < 1.29 is 0 Å². The molecule has 0 amide bonds. The van der Waals surface area contributed by atoms with Crippen molar-refractivity contribution in [3.8, 4) is 22.5 Å². The number of pyridine rings is 2. The first-order chi connectivity index (χ1) is 14.9. The molecule has 0 bridgehead atoms. The second kappa shape index (κ2) is 7.34. The average molecular weight is 413 g/mol. The zero-order chi connectivity index (χ0) is 19.9. The van der Waals surface area contributed by atoms with Gasteiger partial charge >= 0.3 is 0 Å². The van der Waals surface area contributed by atoms with Gasteiger partial charge in [-0.05, 0) is 48.4 Å². The minimum atomic E-state index is 0.0211. The molecule has 6 rings (SSSR count). The van der Waals surface area contributed by atoms with Crippen LogP contribution in [0, 0.1) is 0 Å². The van der Waals surface area contributed by atoms with Crippen LogP contribution in [0.1, 0.15) is 24.6 Å². The van der Waals surface area contributed by atoms with Crippen molar-refractivity contribution in [1.29, 1.82) is 0 Å². The van der Waals surface area contributed by atoms with Crippen molar-refractivity contribution in [2.75, 3.05) is 13.1 Å². The first-order valence-corrected chi connectivity index (χ1v) is 11.0. The minimum absolute atomic E-state index is 0.0211. The third kappa shape index (κ3) is 3.02. The van der Waals surface area contributed by atoms with Crippen molar-refractivity contribution in [1.82, 2.24) is 29.6 Å². The highest BCUT2D eigenvalue weighted by Gasteiger charge is 2.35. The lowest BCUT2D eigenvalue weighted by Gasteiger charge is -2.32. The third-order valence-corrected chi connectivity index (χ3v) is 6.69. The number of nitrogens with zero attached hydrogens (tertiary/aromatic N) is 6. The van der Waals surface area contributed by atoms with E-state index >= 15 is 0 Å². The van der Waals surface area contributed by atoms with Gasteiger partial charge < -0.3 is 0 Å². The second-order valence-electron chi connectivity index (χ2n) is 7.61. The maximum absolute atomic E-state index is 4.92. The second-order valence-corrected chi connectivity index (χ2v) is 8.56. The fourth-order valence-corrected chi connectivity index (χ4v) is 5.17. The zero-order valence-corrected chi connectivity index (χ0v) is 17.2. The molecule has 1 unspecified atom stereocenters. The molecule has 148 valence electrons. The first-order valence-electron chi connectivity index (χ1n) is 10.2. The van der Waals surface area contributed by atoms with Gasteiger partial charge in [-0.2, -0.15) is 0 Å². The Bertz CT molecular complexity index is 1190. The molecule has 0 N–H and O–H groups in total. The molecule has 3 aromatic heterocycles. The molecule has 4 aromatic rings. The smallest absolute Gasteiger partial charge is 0.194 e. The predicted octanol–water partition coefficient (Wildman–Crippen LogP) is 4.51. The molecule has 6 nitrogen and oxygen atoms in total. The van der Waals surface area contributed by atoms with E-state index in [0.717, 1.165) is 34.4 Å². The van der Waals surface area contributed by atoms with Crippen LogP contribution in [0.25, 0.3) is 22.5 Å². The summed E-state index contributed by atoms with van der Waals surface area (Å²) in [7, 11) is 0. The van der Waals surface area contributed by atoms with Crippen molar-refractivity contribution in [3.05, 3.63) is 72.7 Å². The van der Waals surface area contributed by atoms with E-state index in [2.05, 4.69) is 44.9 Å². The van der Waals surface area contributed by atoms with E-state index in [1.54, 1.807) is 18.0 Å². The lowest BCUT2D eigenvalue weighted by molar-refractivity contribution is 0.182. The number of hydrogen-bond acceptors (Lipinski definition) is 6. The van der Waals surface area contributed by atoms with E-state index in [-0.39, 0.29) is 6.17 Å². The highest BCUT2D eigenvalue weighted by atomic mass is 32.2. The molecule has 7 heteroatoms. The fraction of sp³-hybridized carbons (Fsp3) is 0.217. The summed E-state index contributed by atoms with van der Waals surface area (Å²) in [5, 5.41) is 6.83. The van der Waals surface area contributed by atoms with E-state index in [1.807, 2.05) is 30.6 Å². The van der Waals surface area contributed by atoms with Crippen molar-refractivity contribution in [2.45, 2.75) is 29.2 Å². The predicted molar refractivity (Wildman–Crippen MR) is 116 cm³/mol. The summed E-state index contributed by atoms with van der Waals surface area (Å²) < 4.78 is 2.08. The number of rotatable bonds is 3. The Kier molecular flexibility index (Phi) is 4.35. The Morgan fingerprint density at radius 3 is 2.53 bits per heavy atom. The summed E-state index contributed by atoms with van der Waals surface area (Å²) in [6.45, 7) is 2.12. The van der Waals surface area contributed by atoms with Crippen molar-refractivity contribution in [3.63, 3.8) is 0 Å². The highest BCUT2D eigenvalue weighted by molar-refractivity contribution is 7.99. The zero-order valence-electron chi connectivity index (χ0n) is 16.3. The molecule has 1 fully saturated rings. The molecular weight excluding hydrogens is 392 g/mol. The summed E-state index contributed by atoms with van der Waals surface area (Å²) >= 11 is 1.60. The standard InChI is InChI=1S/C23H20N6S/c1-2-7-16(8-3-1)18-13-19-21(25-15-18)30-23-26-20(17-9-6-10-24-14-17)27-29(23)22(19)28-11-4-5-12-28/h1-3,6-10,13-15,22H,4-5,11-12H2. The van der Waals surface area contributed by atoms with Crippen LogP contribution in [0.4, 0.5) is 0 Å². The van der Waals surface area contributed by atoms with E-state index in [9.17, 15) is 0 Å². The molecule has 0 spiro atoms. The molecule has 1 aromatic carbocycles. The molecule has 0 radical (unpaired) electrons. The van der Waals surface area contributed by atoms with Crippen LogP contribution in [-0.2, 0) is 0 Å². The van der Waals surface area contributed by atoms with Gasteiger partial charge in [0.1, 0.15) is 11.2 Å². The normalized spacial score (nSPS) is 18.2. The Morgan fingerprint density at radius 1 is 0.900 bits per heavy atom. The first kappa shape index (κ1) is 17.8. The summed E-state index contributed by atoms with van der Waals surface area (Å²) in [5.41, 5.74) is 4.45. The SMILES string of the molecule is c1ccc(-c2cnc3c(c2)C(N2CCCC2)n2nc(-c4cccnc4)nc2S3)cc1. The van der Waals surface area contributed by atoms with Crippen LogP contribution in [0.15, 0.2) is 77.3 Å². The van der Waals surface area contributed by atoms with Crippen molar-refractivity contribution >= 4 is 11.8 Å². The van der Waals surface area contributed by atoms with Crippen LogP contribution in [-0.4, -0.2) is 42.7 Å². The van der Waals surface area contributed by atoms with Crippen LogP contribution in [0.3, 0.4) is 0 Å². The fourth-order valence-electron chi connectivity index (χ4n) is 4.24. The van der Waals surface area contributed by atoms with Gasteiger partial charge in [0.05, 0.1) is 0 Å². The van der Waals surface area contributed by atoms with E-state index < -0.39 is 0 Å². The Hall–Kier alpha value is -3.03. The van der Waals surface area contributed by atoms with E-state index in [0.29, 0.717) is 5.82 Å². The van der Waals surface area contributed by atoms with Gasteiger partial charge in [0.15, 0.2) is 11.0 Å². The highest BCUT2D eigenvalue weighted by Crippen LogP contribution is 2.43. The van der Waals surface area contributed by atoms with Crippen LogP contribution >= 0.6 is 11.8 Å². The number of aromatic nitrogens is 5. The van der Waals surface area contributed by atoms with Gasteiger partial charge in [0.25, 0.3) is 0 Å². The van der Waals surface area contributed by atoms with Gasteiger partial charge in [-0.25, -0.2) is 14.6 Å². The summed E-state index contributed by atoms with van der Waals surface area (Å²) in [5.74, 6) is 0.714. The van der Waals surface area contributed by atoms with Gasteiger partial charge in [-0.3, -0.25) is 9.88 Å². The molecule has 5 heterocycles. The number of benzene rings is 1. The minimum Gasteiger partial charge on any atom is -0.278 e. The Labute approximate surface area is 179 Å². The maximum atomic E-state index is 4.92. The molecule has 2 aliphatic rings. The molecule has 0 saturated carbocycles. The molecule has 1 atom stereocenters. The monoisotopic (exact) mass is 412 g/mol. The molecular formula is C23H20N6S. The summed E-state index contributed by atoms with van der Waals surface area (Å²) in [6.07, 6.45) is 8.00. The van der Waals surface area contributed by atoms with Gasteiger partial charge in [-0.15, -0.1) is 5.10 Å². The number of hydrogen-bond donors (Lipinski definition) is 0. The maximum Gasteiger partial charge on any atom is 0.194 e. The molecule has 1 saturated heterocycles. The van der Waals surface area contributed by atoms with E-state index in [1.165, 1.54) is 24.0 Å². The number of likely N-dealkylation sites (tertiary alicyclic amines) is 1. The quantitative estimate of drug-likeness (QED) is 0.493. The molecule has 2 aliphatic heterocycles. The largest absolute Gasteiger partial charge is 0.278 e. The average Bonchev–Trinajstić information content (AvgIpc) is 3.48. The van der Waals surface area contributed by atoms with Gasteiger partial charge in [0.2, 0.25) is 0 Å². The lowest BCUT2D eigenvalue weighted by atomic mass is 10.0. The third-order valence-electron chi connectivity index (χ3n) is 5.69. The topological polar surface area (TPSA) is 59.7 Å². The lowest BCUT2D eigenvalue weighted by Crippen LogP contribution is -2.34. The van der Waals surface area contributed by atoms with E-state index in [4.69, 9.17) is 15.1 Å². The van der Waals surface area contributed by atoms with Crippen LogP contribution in [0.5, 0.6) is 0 Å². The Morgan fingerprint density at radius 2 is 1.73 bits per heavy atom. The molecule has 30 heavy (non-hydrogen) atoms. The van der Waals surface area contributed by atoms with Crippen LogP contribution in [0.2, 0.25) is 0 Å². The summed E-state index contributed by atoms with van der Waals surface area (Å²) in [6, 6.07) is 16.6. The van der Waals surface area contributed by atoms with Gasteiger partial charge in [-0.1, -0.05) is 30.3 Å². The Balaban J connectivity index is 1.48. The number of fused-ring (bicyclic) bond motifs is 2.